The van der Waals surface area contributed by atoms with Crippen molar-refractivity contribution in [2.45, 2.75) is 32.7 Å². The molecule has 0 saturated heterocycles. The minimum atomic E-state index is -0.632. The van der Waals surface area contributed by atoms with Gasteiger partial charge in [0.15, 0.2) is 5.69 Å². The summed E-state index contributed by atoms with van der Waals surface area (Å²) in [6, 6.07) is 0. The SMILES string of the molecule is CCCCOCCn1nnc(C(=O)OC)c1CC(=O)OC. The molecule has 0 aliphatic heterocycles. The maximum Gasteiger partial charge on any atom is 0.360 e. The van der Waals surface area contributed by atoms with Crippen molar-refractivity contribution in [1.29, 1.82) is 0 Å². The predicted octanol–water partition coefficient (Wildman–Crippen LogP) is 0.597. The molecule has 118 valence electrons. The number of ether oxygens (including phenoxy) is 3. The molecule has 0 amide bonds. The van der Waals surface area contributed by atoms with Gasteiger partial charge < -0.3 is 14.2 Å². The average molecular weight is 299 g/mol. The molecule has 1 aromatic heterocycles. The van der Waals surface area contributed by atoms with Crippen LogP contribution >= 0.6 is 0 Å². The van der Waals surface area contributed by atoms with Gasteiger partial charge in [0.25, 0.3) is 0 Å². The molecule has 0 aliphatic carbocycles. The highest BCUT2D eigenvalue weighted by Crippen LogP contribution is 2.09. The number of rotatable bonds is 9. The van der Waals surface area contributed by atoms with Gasteiger partial charge >= 0.3 is 11.9 Å². The summed E-state index contributed by atoms with van der Waals surface area (Å²) in [5.74, 6) is -1.11. The zero-order valence-electron chi connectivity index (χ0n) is 12.6. The zero-order chi connectivity index (χ0) is 15.7. The zero-order valence-corrected chi connectivity index (χ0v) is 12.6. The lowest BCUT2D eigenvalue weighted by Crippen LogP contribution is -2.17. The minimum absolute atomic E-state index is 0.0245. The molecule has 8 heteroatoms. The van der Waals surface area contributed by atoms with Crippen LogP contribution in [0.5, 0.6) is 0 Å². The first-order valence-electron chi connectivity index (χ1n) is 6.79. The lowest BCUT2D eigenvalue weighted by molar-refractivity contribution is -0.139. The molecule has 0 fully saturated rings. The van der Waals surface area contributed by atoms with Gasteiger partial charge in [-0.2, -0.15) is 0 Å². The second kappa shape index (κ2) is 9.06. The average Bonchev–Trinajstić information content (AvgIpc) is 2.89. The van der Waals surface area contributed by atoms with E-state index in [0.29, 0.717) is 25.5 Å². The van der Waals surface area contributed by atoms with Crippen LogP contribution in [0.15, 0.2) is 0 Å². The van der Waals surface area contributed by atoms with Crippen LogP contribution in [0.1, 0.15) is 35.9 Å². The summed E-state index contributed by atoms with van der Waals surface area (Å²) in [5.41, 5.74) is 0.393. The molecule has 0 saturated carbocycles. The lowest BCUT2D eigenvalue weighted by Gasteiger charge is -2.07. The first kappa shape index (κ1) is 17.1. The Hall–Kier alpha value is -1.96. The van der Waals surface area contributed by atoms with Gasteiger partial charge in [0.05, 0.1) is 39.5 Å². The van der Waals surface area contributed by atoms with Gasteiger partial charge in [0.1, 0.15) is 0 Å². The summed E-state index contributed by atoms with van der Waals surface area (Å²) >= 11 is 0. The second-order valence-electron chi connectivity index (χ2n) is 4.32. The van der Waals surface area contributed by atoms with Crippen LogP contribution in [0.2, 0.25) is 0 Å². The monoisotopic (exact) mass is 299 g/mol. The van der Waals surface area contributed by atoms with Gasteiger partial charge in [-0.05, 0) is 6.42 Å². The fourth-order valence-electron chi connectivity index (χ4n) is 1.65. The highest BCUT2D eigenvalue weighted by atomic mass is 16.5. The van der Waals surface area contributed by atoms with E-state index in [1.807, 2.05) is 0 Å². The first-order valence-corrected chi connectivity index (χ1v) is 6.79. The van der Waals surface area contributed by atoms with E-state index in [1.165, 1.54) is 18.9 Å². The summed E-state index contributed by atoms with van der Waals surface area (Å²) in [5, 5.41) is 7.63. The molecule has 0 spiro atoms. The normalized spacial score (nSPS) is 10.4. The van der Waals surface area contributed by atoms with Crippen molar-refractivity contribution in [2.24, 2.45) is 0 Å². The van der Waals surface area contributed by atoms with Crippen LogP contribution in [0, 0.1) is 0 Å². The van der Waals surface area contributed by atoms with Crippen molar-refractivity contribution in [3.05, 3.63) is 11.4 Å². The van der Waals surface area contributed by atoms with Crippen molar-refractivity contribution in [3.8, 4) is 0 Å². The van der Waals surface area contributed by atoms with Gasteiger partial charge in [-0.25, -0.2) is 9.48 Å². The fourth-order valence-corrected chi connectivity index (χ4v) is 1.65. The van der Waals surface area contributed by atoms with E-state index >= 15 is 0 Å². The Balaban J connectivity index is 2.75. The Morgan fingerprint density at radius 3 is 2.57 bits per heavy atom. The van der Waals surface area contributed by atoms with E-state index in [4.69, 9.17) is 4.74 Å². The van der Waals surface area contributed by atoms with Gasteiger partial charge in [-0.1, -0.05) is 18.6 Å². The number of nitrogens with zero attached hydrogens (tertiary/aromatic N) is 3. The highest BCUT2D eigenvalue weighted by molar-refractivity contribution is 5.89. The topological polar surface area (TPSA) is 92.5 Å². The van der Waals surface area contributed by atoms with E-state index in [9.17, 15) is 9.59 Å². The minimum Gasteiger partial charge on any atom is -0.469 e. The van der Waals surface area contributed by atoms with E-state index in [1.54, 1.807) is 0 Å². The van der Waals surface area contributed by atoms with Crippen LogP contribution in [-0.4, -0.2) is 54.4 Å². The molecule has 8 nitrogen and oxygen atoms in total. The third-order valence-electron chi connectivity index (χ3n) is 2.85. The molecule has 21 heavy (non-hydrogen) atoms. The molecular weight excluding hydrogens is 278 g/mol. The van der Waals surface area contributed by atoms with Crippen molar-refractivity contribution in [1.82, 2.24) is 15.0 Å². The summed E-state index contributed by atoms with van der Waals surface area (Å²) in [6.07, 6.45) is 1.95. The third kappa shape index (κ3) is 5.14. The summed E-state index contributed by atoms with van der Waals surface area (Å²) in [7, 11) is 2.53. The fraction of sp³-hybridized carbons (Fsp3) is 0.692. The van der Waals surface area contributed by atoms with Crippen LogP contribution in [0.4, 0.5) is 0 Å². The summed E-state index contributed by atoms with van der Waals surface area (Å²) in [6.45, 7) is 3.58. The molecule has 0 aliphatic rings. The van der Waals surface area contributed by atoms with E-state index in [0.717, 1.165) is 12.8 Å². The number of hydrogen-bond acceptors (Lipinski definition) is 7. The van der Waals surface area contributed by atoms with E-state index in [2.05, 4.69) is 26.7 Å². The molecular formula is C13H21N3O5. The molecule has 0 unspecified atom stereocenters. The van der Waals surface area contributed by atoms with Gasteiger partial charge in [-0.3, -0.25) is 4.79 Å². The predicted molar refractivity (Wildman–Crippen MR) is 72.8 cm³/mol. The Bertz CT molecular complexity index is 472. The van der Waals surface area contributed by atoms with Crippen LogP contribution in [0.25, 0.3) is 0 Å². The van der Waals surface area contributed by atoms with Crippen molar-refractivity contribution in [3.63, 3.8) is 0 Å². The number of aromatic nitrogens is 3. The van der Waals surface area contributed by atoms with Crippen molar-refractivity contribution in [2.75, 3.05) is 27.4 Å². The first-order chi connectivity index (χ1) is 10.1. The number of carbonyl (C=O) groups excluding carboxylic acids is 2. The van der Waals surface area contributed by atoms with E-state index < -0.39 is 11.9 Å². The molecule has 1 heterocycles. The maximum absolute atomic E-state index is 11.6. The van der Waals surface area contributed by atoms with Gasteiger partial charge in [0.2, 0.25) is 0 Å². The van der Waals surface area contributed by atoms with Crippen molar-refractivity contribution < 1.29 is 23.8 Å². The Kier molecular flexibility index (Phi) is 7.38. The highest BCUT2D eigenvalue weighted by Gasteiger charge is 2.22. The van der Waals surface area contributed by atoms with Crippen LogP contribution in [0.3, 0.4) is 0 Å². The van der Waals surface area contributed by atoms with Gasteiger partial charge in [-0.15, -0.1) is 5.10 Å². The lowest BCUT2D eigenvalue weighted by atomic mass is 10.2. The number of esters is 2. The second-order valence-corrected chi connectivity index (χ2v) is 4.32. The number of hydrogen-bond donors (Lipinski definition) is 0. The third-order valence-corrected chi connectivity index (χ3v) is 2.85. The molecule has 0 radical (unpaired) electrons. The molecule has 1 rings (SSSR count). The standard InChI is InChI=1S/C13H21N3O5/c1-4-5-7-21-8-6-16-10(9-11(17)19-2)12(14-15-16)13(18)20-3/h4-9H2,1-3H3. The maximum atomic E-state index is 11.6. The molecule has 0 atom stereocenters. The Morgan fingerprint density at radius 2 is 1.95 bits per heavy atom. The van der Waals surface area contributed by atoms with Crippen LogP contribution < -0.4 is 0 Å². The number of methoxy groups -OCH3 is 2. The van der Waals surface area contributed by atoms with Crippen LogP contribution in [-0.2, 0) is 32.0 Å². The van der Waals surface area contributed by atoms with E-state index in [-0.39, 0.29) is 12.1 Å². The quantitative estimate of drug-likeness (QED) is 0.487. The number of unbranched alkanes of at least 4 members (excludes halogenated alkanes) is 1. The largest absolute Gasteiger partial charge is 0.469 e. The molecule has 0 aromatic carbocycles. The molecule has 1 aromatic rings. The van der Waals surface area contributed by atoms with Gasteiger partial charge in [0, 0.05) is 6.61 Å². The Labute approximate surface area is 123 Å². The molecule has 0 bridgehead atoms. The smallest absolute Gasteiger partial charge is 0.360 e. The number of carbonyl (C=O) groups is 2. The summed E-state index contributed by atoms with van der Waals surface area (Å²) < 4.78 is 16.1. The Morgan fingerprint density at radius 1 is 1.19 bits per heavy atom. The molecule has 0 N–H and O–H groups in total. The summed E-state index contributed by atoms with van der Waals surface area (Å²) in [4.78, 5) is 23.0. The van der Waals surface area contributed by atoms with Crippen molar-refractivity contribution >= 4 is 11.9 Å².